The first kappa shape index (κ1) is 12.5. The predicted octanol–water partition coefficient (Wildman–Crippen LogP) is 0.641. The third kappa shape index (κ3) is 2.92. The number of carbonyl (C=O) groups is 1. The van der Waals surface area contributed by atoms with Gasteiger partial charge in [-0.05, 0) is 25.7 Å². The summed E-state index contributed by atoms with van der Waals surface area (Å²) >= 11 is 0. The fraction of sp³-hybridized carbons (Fsp3) is 0.909. The molecule has 0 aromatic rings. The van der Waals surface area contributed by atoms with Crippen LogP contribution in [0.25, 0.3) is 0 Å². The van der Waals surface area contributed by atoms with Crippen LogP contribution in [0.15, 0.2) is 0 Å². The molecule has 3 unspecified atom stereocenters. The Morgan fingerprint density at radius 2 is 2.33 bits per heavy atom. The van der Waals surface area contributed by atoms with Crippen LogP contribution in [0.5, 0.6) is 0 Å². The van der Waals surface area contributed by atoms with Crippen LogP contribution < -0.4 is 0 Å². The van der Waals surface area contributed by atoms with Crippen molar-refractivity contribution in [3.8, 4) is 0 Å². The highest BCUT2D eigenvalue weighted by molar-refractivity contribution is 5.75. The molecular weight excluding hydrogens is 194 g/mol. The number of piperidine rings is 1. The molecule has 0 aliphatic carbocycles. The number of esters is 1. The maximum Gasteiger partial charge on any atom is 0.322 e. The Balaban J connectivity index is 2.54. The fourth-order valence-electron chi connectivity index (χ4n) is 2.12. The number of methoxy groups -OCH3 is 1. The van der Waals surface area contributed by atoms with E-state index in [1.165, 1.54) is 7.11 Å². The predicted molar refractivity (Wildman–Crippen MR) is 57.5 cm³/mol. The molecule has 1 fully saturated rings. The van der Waals surface area contributed by atoms with Gasteiger partial charge in [-0.3, -0.25) is 9.69 Å². The summed E-state index contributed by atoms with van der Waals surface area (Å²) in [6.07, 6.45) is 1.49. The van der Waals surface area contributed by atoms with Gasteiger partial charge < -0.3 is 9.84 Å². The molecule has 1 aliphatic rings. The van der Waals surface area contributed by atoms with Gasteiger partial charge in [0.2, 0.25) is 0 Å². The Labute approximate surface area is 91.2 Å². The van der Waals surface area contributed by atoms with Gasteiger partial charge in [-0.25, -0.2) is 0 Å². The molecule has 1 aliphatic heterocycles. The molecule has 4 nitrogen and oxygen atoms in total. The minimum absolute atomic E-state index is 0.193. The second-order valence-electron chi connectivity index (χ2n) is 4.22. The second-order valence-corrected chi connectivity index (χ2v) is 4.22. The molecule has 15 heavy (non-hydrogen) atoms. The first-order chi connectivity index (χ1) is 7.10. The molecular formula is C11H21NO3. The number of ether oxygens (including phenoxy) is 1. The summed E-state index contributed by atoms with van der Waals surface area (Å²) < 4.78 is 4.72. The highest BCUT2D eigenvalue weighted by Crippen LogP contribution is 2.21. The van der Waals surface area contributed by atoms with Crippen LogP contribution in [-0.4, -0.2) is 48.3 Å². The number of likely N-dealkylation sites (tertiary alicyclic amines) is 1. The van der Waals surface area contributed by atoms with Crippen molar-refractivity contribution in [2.24, 2.45) is 5.92 Å². The van der Waals surface area contributed by atoms with Crippen LogP contribution in [0.3, 0.4) is 0 Å². The fourth-order valence-corrected chi connectivity index (χ4v) is 2.12. The number of nitrogens with zero attached hydrogens (tertiary/aromatic N) is 1. The summed E-state index contributed by atoms with van der Waals surface area (Å²) in [4.78, 5) is 13.5. The third-order valence-corrected chi connectivity index (χ3v) is 3.34. The number of rotatable bonds is 3. The summed E-state index contributed by atoms with van der Waals surface area (Å²) in [5, 5.41) is 9.72. The van der Waals surface area contributed by atoms with Gasteiger partial charge in [-0.15, -0.1) is 0 Å². The van der Waals surface area contributed by atoms with Crippen LogP contribution >= 0.6 is 0 Å². The normalized spacial score (nSPS) is 29.9. The van der Waals surface area contributed by atoms with Crippen molar-refractivity contribution in [2.45, 2.75) is 38.8 Å². The van der Waals surface area contributed by atoms with Crippen molar-refractivity contribution in [3.63, 3.8) is 0 Å². The van der Waals surface area contributed by atoms with Gasteiger partial charge in [0.15, 0.2) is 0 Å². The smallest absolute Gasteiger partial charge is 0.322 e. The maximum absolute atomic E-state index is 11.4. The lowest BCUT2D eigenvalue weighted by atomic mass is 9.91. The average Bonchev–Trinajstić information content (AvgIpc) is 2.27. The molecule has 1 N–H and O–H groups in total. The topological polar surface area (TPSA) is 49.8 Å². The number of hydrogen-bond acceptors (Lipinski definition) is 4. The number of aliphatic hydroxyl groups is 1. The SMILES string of the molecule is CCC1CN(C(C)C(=O)OC)CCC1O. The van der Waals surface area contributed by atoms with Crippen LogP contribution in [0.1, 0.15) is 26.7 Å². The van der Waals surface area contributed by atoms with Gasteiger partial charge in [0.05, 0.1) is 13.2 Å². The molecule has 1 saturated heterocycles. The Bertz CT molecular complexity index is 220. The van der Waals surface area contributed by atoms with Gasteiger partial charge in [-0.2, -0.15) is 0 Å². The zero-order chi connectivity index (χ0) is 11.4. The molecule has 0 saturated carbocycles. The number of hydrogen-bond donors (Lipinski definition) is 1. The lowest BCUT2D eigenvalue weighted by Crippen LogP contribution is -2.49. The molecule has 0 radical (unpaired) electrons. The largest absolute Gasteiger partial charge is 0.468 e. The second kappa shape index (κ2) is 5.47. The van der Waals surface area contributed by atoms with Gasteiger partial charge >= 0.3 is 5.97 Å². The van der Waals surface area contributed by atoms with Crippen molar-refractivity contribution >= 4 is 5.97 Å². The average molecular weight is 215 g/mol. The lowest BCUT2D eigenvalue weighted by molar-refractivity contribution is -0.147. The standard InChI is InChI=1S/C11H21NO3/c1-4-9-7-12(6-5-10(9)13)8(2)11(14)15-3/h8-10,13H,4-7H2,1-3H3. The summed E-state index contributed by atoms with van der Waals surface area (Å²) in [5.41, 5.74) is 0. The van der Waals surface area contributed by atoms with Gasteiger partial charge in [0.25, 0.3) is 0 Å². The Kier molecular flexibility index (Phi) is 4.54. The molecule has 88 valence electrons. The van der Waals surface area contributed by atoms with E-state index in [0.29, 0.717) is 0 Å². The van der Waals surface area contributed by atoms with Crippen LogP contribution in [-0.2, 0) is 9.53 Å². The highest BCUT2D eigenvalue weighted by atomic mass is 16.5. The van der Waals surface area contributed by atoms with E-state index in [4.69, 9.17) is 4.74 Å². The van der Waals surface area contributed by atoms with Gasteiger partial charge in [0.1, 0.15) is 6.04 Å². The maximum atomic E-state index is 11.4. The van der Waals surface area contributed by atoms with E-state index in [2.05, 4.69) is 11.8 Å². The summed E-state index contributed by atoms with van der Waals surface area (Å²) in [6, 6.07) is -0.198. The molecule has 1 rings (SSSR count). The van der Waals surface area contributed by atoms with Crippen molar-refractivity contribution in [2.75, 3.05) is 20.2 Å². The molecule has 0 spiro atoms. The third-order valence-electron chi connectivity index (χ3n) is 3.34. The van der Waals surface area contributed by atoms with Gasteiger partial charge in [-0.1, -0.05) is 6.92 Å². The Morgan fingerprint density at radius 1 is 1.67 bits per heavy atom. The minimum atomic E-state index is -0.212. The molecule has 3 atom stereocenters. The Morgan fingerprint density at radius 3 is 2.87 bits per heavy atom. The molecule has 0 aromatic carbocycles. The van der Waals surface area contributed by atoms with E-state index in [0.717, 1.165) is 25.9 Å². The van der Waals surface area contributed by atoms with E-state index in [1.54, 1.807) is 0 Å². The van der Waals surface area contributed by atoms with Crippen molar-refractivity contribution in [3.05, 3.63) is 0 Å². The molecule has 0 amide bonds. The van der Waals surface area contributed by atoms with Crippen LogP contribution in [0.4, 0.5) is 0 Å². The van der Waals surface area contributed by atoms with Crippen molar-refractivity contribution < 1.29 is 14.6 Å². The minimum Gasteiger partial charge on any atom is -0.468 e. The molecule has 4 heteroatoms. The van der Waals surface area contributed by atoms with Gasteiger partial charge in [0, 0.05) is 13.1 Å². The highest BCUT2D eigenvalue weighted by Gasteiger charge is 2.31. The zero-order valence-electron chi connectivity index (χ0n) is 9.77. The van der Waals surface area contributed by atoms with E-state index < -0.39 is 0 Å². The van der Waals surface area contributed by atoms with Crippen molar-refractivity contribution in [1.82, 2.24) is 4.90 Å². The first-order valence-electron chi connectivity index (χ1n) is 5.60. The quantitative estimate of drug-likeness (QED) is 0.702. The molecule has 0 bridgehead atoms. The first-order valence-corrected chi connectivity index (χ1v) is 5.60. The monoisotopic (exact) mass is 215 g/mol. The number of carbonyl (C=O) groups excluding carboxylic acids is 1. The summed E-state index contributed by atoms with van der Waals surface area (Å²) in [5.74, 6) is 0.0899. The van der Waals surface area contributed by atoms with Crippen LogP contribution in [0, 0.1) is 5.92 Å². The molecule has 1 heterocycles. The molecule has 0 aromatic heterocycles. The Hall–Kier alpha value is -0.610. The summed E-state index contributed by atoms with van der Waals surface area (Å²) in [7, 11) is 1.41. The van der Waals surface area contributed by atoms with E-state index in [9.17, 15) is 9.90 Å². The number of aliphatic hydroxyl groups excluding tert-OH is 1. The van der Waals surface area contributed by atoms with E-state index in [1.807, 2.05) is 6.92 Å². The van der Waals surface area contributed by atoms with E-state index in [-0.39, 0.29) is 24.0 Å². The lowest BCUT2D eigenvalue weighted by Gasteiger charge is -2.38. The summed E-state index contributed by atoms with van der Waals surface area (Å²) in [6.45, 7) is 5.48. The van der Waals surface area contributed by atoms with Crippen LogP contribution in [0.2, 0.25) is 0 Å². The van der Waals surface area contributed by atoms with E-state index >= 15 is 0 Å². The zero-order valence-corrected chi connectivity index (χ0v) is 9.77. The van der Waals surface area contributed by atoms with Crippen molar-refractivity contribution in [1.29, 1.82) is 0 Å².